The second-order valence-corrected chi connectivity index (χ2v) is 6.18. The lowest BCUT2D eigenvalue weighted by Gasteiger charge is -2.15. The first-order valence-corrected chi connectivity index (χ1v) is 8.76. The van der Waals surface area contributed by atoms with E-state index in [9.17, 15) is 32.3 Å². The number of ether oxygens (including phenoxy) is 3. The molecule has 0 saturated heterocycles. The van der Waals surface area contributed by atoms with Gasteiger partial charge in [-0.3, -0.25) is 14.4 Å². The van der Waals surface area contributed by atoms with E-state index in [1.54, 1.807) is 0 Å². The van der Waals surface area contributed by atoms with Gasteiger partial charge in [0.25, 0.3) is 5.24 Å². The van der Waals surface area contributed by atoms with Crippen LogP contribution in [0.15, 0.2) is 24.3 Å². The Morgan fingerprint density at radius 2 is 1.69 bits per heavy atom. The third kappa shape index (κ3) is 9.69. The Morgan fingerprint density at radius 3 is 2.21 bits per heavy atom. The van der Waals surface area contributed by atoms with Gasteiger partial charge >= 0.3 is 18.3 Å². The quantitative estimate of drug-likeness (QED) is 0.468. The Morgan fingerprint density at radius 1 is 1.07 bits per heavy atom. The number of methoxy groups -OCH3 is 2. The van der Waals surface area contributed by atoms with Crippen molar-refractivity contribution < 1.29 is 46.6 Å². The van der Waals surface area contributed by atoms with Crippen LogP contribution in [0.25, 0.3) is 0 Å². The molecule has 2 N–H and O–H groups in total. The lowest BCUT2D eigenvalue weighted by atomic mass is 10.3. The van der Waals surface area contributed by atoms with Gasteiger partial charge in [-0.1, -0.05) is 11.8 Å². The summed E-state index contributed by atoms with van der Waals surface area (Å²) in [5.74, 6) is -3.12. The molecule has 0 fully saturated rings. The molecule has 0 aliphatic rings. The molecule has 0 bridgehead atoms. The summed E-state index contributed by atoms with van der Waals surface area (Å²) in [6.45, 7) is 0. The summed E-state index contributed by atoms with van der Waals surface area (Å²) in [7, 11) is 2.17. The molecule has 2 amide bonds. The highest BCUT2D eigenvalue weighted by Gasteiger charge is 2.31. The van der Waals surface area contributed by atoms with Crippen molar-refractivity contribution in [3.63, 3.8) is 0 Å². The largest absolute Gasteiger partial charge is 0.573 e. The van der Waals surface area contributed by atoms with E-state index in [1.807, 2.05) is 0 Å². The summed E-state index contributed by atoms with van der Waals surface area (Å²) < 4.78 is 48.9. The van der Waals surface area contributed by atoms with Gasteiger partial charge in [-0.05, 0) is 24.3 Å². The van der Waals surface area contributed by atoms with Crippen LogP contribution in [0.4, 0.5) is 23.7 Å². The van der Waals surface area contributed by atoms with Gasteiger partial charge in [0.1, 0.15) is 18.2 Å². The van der Waals surface area contributed by atoms with Gasteiger partial charge in [0.15, 0.2) is 0 Å². The molecular formula is C16H17F3N2O7S. The van der Waals surface area contributed by atoms with E-state index in [0.717, 1.165) is 26.4 Å². The molecule has 0 radical (unpaired) electrons. The standard InChI is InChI=1S/C16H17F3N2O7S/c1-26-13(23)7-12(22)21-11(14(24)27-2)8-29-15(25)20-9-3-5-10(6-4-9)28-16(17,18)19/h3-6,11H,7-8H2,1-2H3,(H,20,25)(H,21,22). The average molecular weight is 438 g/mol. The first-order chi connectivity index (χ1) is 13.5. The number of hydrogen-bond acceptors (Lipinski definition) is 8. The summed E-state index contributed by atoms with van der Waals surface area (Å²) in [5.41, 5.74) is 0.182. The van der Waals surface area contributed by atoms with Crippen LogP contribution in [-0.4, -0.2) is 55.5 Å². The smallest absolute Gasteiger partial charge is 0.469 e. The lowest BCUT2D eigenvalue weighted by molar-refractivity contribution is -0.274. The maximum absolute atomic E-state index is 12.1. The number of carbonyl (C=O) groups is 4. The maximum atomic E-state index is 12.1. The van der Waals surface area contributed by atoms with Crippen LogP contribution < -0.4 is 15.4 Å². The maximum Gasteiger partial charge on any atom is 0.573 e. The van der Waals surface area contributed by atoms with E-state index in [4.69, 9.17) is 0 Å². The van der Waals surface area contributed by atoms with E-state index < -0.39 is 47.7 Å². The fourth-order valence-corrected chi connectivity index (χ4v) is 2.54. The minimum atomic E-state index is -4.83. The second kappa shape index (κ2) is 11.1. The molecule has 29 heavy (non-hydrogen) atoms. The molecule has 0 saturated carbocycles. The molecule has 0 spiro atoms. The van der Waals surface area contributed by atoms with Gasteiger partial charge in [0.2, 0.25) is 5.91 Å². The Bertz CT molecular complexity index is 741. The predicted octanol–water partition coefficient (Wildman–Crippen LogP) is 2.07. The van der Waals surface area contributed by atoms with E-state index in [0.29, 0.717) is 11.8 Å². The highest BCUT2D eigenvalue weighted by Crippen LogP contribution is 2.24. The van der Waals surface area contributed by atoms with Crippen LogP contribution in [-0.2, 0) is 23.9 Å². The molecule has 1 atom stereocenters. The van der Waals surface area contributed by atoms with Gasteiger partial charge < -0.3 is 24.8 Å². The van der Waals surface area contributed by atoms with Crippen molar-refractivity contribution in [1.82, 2.24) is 5.32 Å². The van der Waals surface area contributed by atoms with Crippen LogP contribution in [0.1, 0.15) is 6.42 Å². The van der Waals surface area contributed by atoms with Crippen molar-refractivity contribution in [2.45, 2.75) is 18.8 Å². The molecule has 1 aromatic carbocycles. The molecular weight excluding hydrogens is 421 g/mol. The number of hydrogen-bond donors (Lipinski definition) is 2. The first kappa shape index (κ1) is 24.1. The average Bonchev–Trinajstić information content (AvgIpc) is 2.64. The van der Waals surface area contributed by atoms with Gasteiger partial charge in [0, 0.05) is 11.4 Å². The summed E-state index contributed by atoms with van der Waals surface area (Å²) in [5, 5.41) is 3.98. The van der Waals surface area contributed by atoms with Crippen LogP contribution in [0.3, 0.4) is 0 Å². The summed E-state index contributed by atoms with van der Waals surface area (Å²) in [6.07, 6.45) is -5.45. The zero-order valence-corrected chi connectivity index (χ0v) is 16.0. The fourth-order valence-electron chi connectivity index (χ4n) is 1.81. The van der Waals surface area contributed by atoms with E-state index >= 15 is 0 Å². The Kier molecular flexibility index (Phi) is 9.25. The first-order valence-electron chi connectivity index (χ1n) is 7.77. The van der Waals surface area contributed by atoms with Crippen molar-refractivity contribution in [2.75, 3.05) is 25.3 Å². The number of esters is 2. The number of halogens is 3. The van der Waals surface area contributed by atoms with Crippen molar-refractivity contribution in [3.8, 4) is 5.75 Å². The molecule has 0 aliphatic carbocycles. The number of carbonyl (C=O) groups excluding carboxylic acids is 4. The van der Waals surface area contributed by atoms with Crippen LogP contribution >= 0.6 is 11.8 Å². The zero-order chi connectivity index (χ0) is 22.0. The number of amides is 2. The number of benzene rings is 1. The molecule has 0 aliphatic heterocycles. The predicted molar refractivity (Wildman–Crippen MR) is 95.2 cm³/mol. The molecule has 1 unspecified atom stereocenters. The Hall–Kier alpha value is -2.96. The topological polar surface area (TPSA) is 120 Å². The fraction of sp³-hybridized carbons (Fsp3) is 0.375. The minimum absolute atomic E-state index is 0.182. The summed E-state index contributed by atoms with van der Waals surface area (Å²) in [6, 6.07) is 3.19. The third-order valence-corrected chi connectivity index (χ3v) is 3.93. The molecule has 9 nitrogen and oxygen atoms in total. The number of alkyl halides is 3. The minimum Gasteiger partial charge on any atom is -0.469 e. The van der Waals surface area contributed by atoms with Crippen LogP contribution in [0.2, 0.25) is 0 Å². The second-order valence-electron chi connectivity index (χ2n) is 5.19. The lowest BCUT2D eigenvalue weighted by Crippen LogP contribution is -2.44. The zero-order valence-electron chi connectivity index (χ0n) is 15.2. The molecule has 160 valence electrons. The summed E-state index contributed by atoms with van der Waals surface area (Å²) in [4.78, 5) is 46.4. The molecule has 0 heterocycles. The van der Waals surface area contributed by atoms with Gasteiger partial charge in [-0.25, -0.2) is 4.79 Å². The van der Waals surface area contributed by atoms with Gasteiger partial charge in [-0.15, -0.1) is 13.2 Å². The molecule has 0 aromatic heterocycles. The molecule has 13 heteroatoms. The molecule has 1 rings (SSSR count). The number of anilines is 1. The van der Waals surface area contributed by atoms with E-state index in [-0.39, 0.29) is 11.4 Å². The summed E-state index contributed by atoms with van der Waals surface area (Å²) >= 11 is 0.611. The number of rotatable bonds is 8. The van der Waals surface area contributed by atoms with Crippen molar-refractivity contribution in [3.05, 3.63) is 24.3 Å². The van der Waals surface area contributed by atoms with E-state index in [2.05, 4.69) is 24.8 Å². The Balaban J connectivity index is 2.59. The normalized spacial score (nSPS) is 11.8. The number of nitrogens with one attached hydrogen (secondary N) is 2. The number of thioether (sulfide) groups is 1. The SMILES string of the molecule is COC(=O)CC(=O)NC(CSC(=O)Nc1ccc(OC(F)(F)F)cc1)C(=O)OC. The van der Waals surface area contributed by atoms with Crippen LogP contribution in [0, 0.1) is 0 Å². The monoisotopic (exact) mass is 438 g/mol. The Labute approximate surface area is 167 Å². The highest BCUT2D eigenvalue weighted by atomic mass is 32.2. The van der Waals surface area contributed by atoms with Crippen LogP contribution in [0.5, 0.6) is 5.75 Å². The third-order valence-electron chi connectivity index (χ3n) is 3.07. The van der Waals surface area contributed by atoms with Gasteiger partial charge in [0.05, 0.1) is 14.2 Å². The van der Waals surface area contributed by atoms with Crippen molar-refractivity contribution >= 4 is 40.5 Å². The van der Waals surface area contributed by atoms with Crippen molar-refractivity contribution in [2.24, 2.45) is 0 Å². The van der Waals surface area contributed by atoms with Gasteiger partial charge in [-0.2, -0.15) is 0 Å². The highest BCUT2D eigenvalue weighted by molar-refractivity contribution is 8.13. The van der Waals surface area contributed by atoms with E-state index in [1.165, 1.54) is 12.1 Å². The molecule has 1 aromatic rings. The van der Waals surface area contributed by atoms with Crippen molar-refractivity contribution in [1.29, 1.82) is 0 Å².